The van der Waals surface area contributed by atoms with Crippen molar-refractivity contribution < 1.29 is 14.3 Å². The zero-order valence-electron chi connectivity index (χ0n) is 14.4. The third-order valence-electron chi connectivity index (χ3n) is 3.82. The highest BCUT2D eigenvalue weighted by Crippen LogP contribution is 2.21. The van der Waals surface area contributed by atoms with E-state index >= 15 is 0 Å². The van der Waals surface area contributed by atoms with Crippen molar-refractivity contribution in [1.29, 1.82) is 0 Å². The summed E-state index contributed by atoms with van der Waals surface area (Å²) in [5.41, 5.74) is 0.257. The Bertz CT molecular complexity index is 537. The minimum Gasteiger partial charge on any atom is -0.444 e. The number of amides is 2. The lowest BCUT2D eigenvalue weighted by molar-refractivity contribution is 0.0151. The van der Waals surface area contributed by atoms with Gasteiger partial charge in [-0.3, -0.25) is 4.79 Å². The molecule has 5 nitrogen and oxygen atoms in total. The number of piperidine rings is 1. The summed E-state index contributed by atoms with van der Waals surface area (Å²) in [6, 6.07) is 1.84. The Kier molecular flexibility index (Phi) is 5.68. The lowest BCUT2D eigenvalue weighted by atomic mass is 9.97. The Balaban J connectivity index is 1.88. The quantitative estimate of drug-likeness (QED) is 0.848. The molecule has 1 aromatic heterocycles. The lowest BCUT2D eigenvalue weighted by Crippen LogP contribution is -2.45. The summed E-state index contributed by atoms with van der Waals surface area (Å²) in [5, 5.41) is 3.78. The highest BCUT2D eigenvalue weighted by Gasteiger charge is 2.28. The van der Waals surface area contributed by atoms with Gasteiger partial charge in [-0.05, 0) is 51.0 Å². The number of hydrogen-bond acceptors (Lipinski definition) is 4. The first-order valence-corrected chi connectivity index (χ1v) is 8.96. The minimum absolute atomic E-state index is 0.0423. The largest absolute Gasteiger partial charge is 0.444 e. The van der Waals surface area contributed by atoms with E-state index in [4.69, 9.17) is 4.74 Å². The van der Waals surface area contributed by atoms with E-state index in [9.17, 15) is 9.59 Å². The molecule has 1 unspecified atom stereocenters. The van der Waals surface area contributed by atoms with Crippen molar-refractivity contribution in [2.24, 2.45) is 5.92 Å². The number of nitrogens with zero attached hydrogens (tertiary/aromatic N) is 2. The van der Waals surface area contributed by atoms with Crippen LogP contribution in [-0.2, 0) is 4.74 Å². The normalized spacial score (nSPS) is 18.6. The van der Waals surface area contributed by atoms with Gasteiger partial charge in [0.05, 0.1) is 5.56 Å². The topological polar surface area (TPSA) is 49.9 Å². The number of ether oxygens (including phenoxy) is 1. The van der Waals surface area contributed by atoms with Crippen LogP contribution in [0.15, 0.2) is 16.8 Å². The Labute approximate surface area is 142 Å². The van der Waals surface area contributed by atoms with Crippen molar-refractivity contribution in [3.05, 3.63) is 22.4 Å². The van der Waals surface area contributed by atoms with Crippen LogP contribution in [0, 0.1) is 5.92 Å². The van der Waals surface area contributed by atoms with Gasteiger partial charge in [-0.25, -0.2) is 4.79 Å². The minimum atomic E-state index is -0.476. The number of hydrogen-bond donors (Lipinski definition) is 0. The van der Waals surface area contributed by atoms with Gasteiger partial charge in [-0.15, -0.1) is 0 Å². The van der Waals surface area contributed by atoms with Crippen LogP contribution in [-0.4, -0.2) is 54.1 Å². The third-order valence-corrected chi connectivity index (χ3v) is 4.50. The molecule has 1 saturated heterocycles. The molecule has 0 bridgehead atoms. The van der Waals surface area contributed by atoms with Crippen LogP contribution < -0.4 is 0 Å². The standard InChI is InChI=1S/C17H26N2O3S/c1-17(2,3)22-16(21)19-8-5-6-13(11-19)10-18(4)15(20)14-7-9-23-12-14/h7,9,12-13H,5-6,8,10-11H2,1-4H3. The monoisotopic (exact) mass is 338 g/mol. The predicted octanol–water partition coefficient (Wildman–Crippen LogP) is 3.47. The molecular formula is C17H26N2O3S. The van der Waals surface area contributed by atoms with Crippen LogP contribution in [0.5, 0.6) is 0 Å². The third kappa shape index (κ3) is 5.23. The molecule has 1 aliphatic rings. The van der Waals surface area contributed by atoms with Gasteiger partial charge in [-0.2, -0.15) is 11.3 Å². The van der Waals surface area contributed by atoms with E-state index in [1.54, 1.807) is 9.80 Å². The molecule has 0 aliphatic carbocycles. The SMILES string of the molecule is CN(CC1CCCN(C(=O)OC(C)(C)C)C1)C(=O)c1ccsc1. The van der Waals surface area contributed by atoms with Crippen molar-refractivity contribution in [1.82, 2.24) is 9.80 Å². The van der Waals surface area contributed by atoms with Crippen LogP contribution in [0.3, 0.4) is 0 Å². The Morgan fingerprint density at radius 3 is 2.78 bits per heavy atom. The van der Waals surface area contributed by atoms with Crippen molar-refractivity contribution >= 4 is 23.3 Å². The van der Waals surface area contributed by atoms with Gasteiger partial charge < -0.3 is 14.5 Å². The molecule has 0 radical (unpaired) electrons. The van der Waals surface area contributed by atoms with Gasteiger partial charge in [0, 0.05) is 32.1 Å². The van der Waals surface area contributed by atoms with Crippen LogP contribution in [0.1, 0.15) is 44.0 Å². The van der Waals surface area contributed by atoms with Gasteiger partial charge in [-0.1, -0.05) is 0 Å². The van der Waals surface area contributed by atoms with E-state index in [2.05, 4.69) is 0 Å². The fourth-order valence-corrected chi connectivity index (χ4v) is 3.41. The van der Waals surface area contributed by atoms with E-state index in [0.717, 1.165) is 24.9 Å². The number of thiophene rings is 1. The predicted molar refractivity (Wildman–Crippen MR) is 91.8 cm³/mol. The highest BCUT2D eigenvalue weighted by atomic mass is 32.1. The van der Waals surface area contributed by atoms with Crippen molar-refractivity contribution in [3.63, 3.8) is 0 Å². The maximum absolute atomic E-state index is 12.3. The van der Waals surface area contributed by atoms with Crippen LogP contribution >= 0.6 is 11.3 Å². The summed E-state index contributed by atoms with van der Waals surface area (Å²) in [6.07, 6.45) is 1.72. The summed E-state index contributed by atoms with van der Waals surface area (Å²) in [7, 11) is 1.83. The smallest absolute Gasteiger partial charge is 0.410 e. The van der Waals surface area contributed by atoms with E-state index in [0.29, 0.717) is 19.0 Å². The average Bonchev–Trinajstić information content (AvgIpc) is 2.99. The molecule has 1 aliphatic heterocycles. The van der Waals surface area contributed by atoms with E-state index in [1.807, 2.05) is 44.6 Å². The van der Waals surface area contributed by atoms with Crippen molar-refractivity contribution in [2.75, 3.05) is 26.7 Å². The van der Waals surface area contributed by atoms with Gasteiger partial charge in [0.15, 0.2) is 0 Å². The molecule has 2 amide bonds. The maximum Gasteiger partial charge on any atom is 0.410 e. The summed E-state index contributed by atoms with van der Waals surface area (Å²) in [4.78, 5) is 28.0. The number of rotatable bonds is 3. The molecule has 2 rings (SSSR count). The Hall–Kier alpha value is -1.56. The van der Waals surface area contributed by atoms with E-state index < -0.39 is 5.60 Å². The summed E-state index contributed by atoms with van der Waals surface area (Å²) < 4.78 is 5.44. The molecule has 0 spiro atoms. The number of carbonyl (C=O) groups is 2. The molecule has 128 valence electrons. The molecule has 0 aromatic carbocycles. The Morgan fingerprint density at radius 2 is 2.17 bits per heavy atom. The first-order chi connectivity index (χ1) is 10.8. The maximum atomic E-state index is 12.3. The van der Waals surface area contributed by atoms with Gasteiger partial charge in [0.1, 0.15) is 5.60 Å². The fourth-order valence-electron chi connectivity index (χ4n) is 2.78. The highest BCUT2D eigenvalue weighted by molar-refractivity contribution is 7.08. The number of carbonyl (C=O) groups excluding carboxylic acids is 2. The molecule has 0 N–H and O–H groups in total. The summed E-state index contributed by atoms with van der Waals surface area (Å²) in [6.45, 7) is 7.66. The first kappa shape index (κ1) is 17.8. The molecular weight excluding hydrogens is 312 g/mol. The zero-order valence-corrected chi connectivity index (χ0v) is 15.2. The Morgan fingerprint density at radius 1 is 1.43 bits per heavy atom. The molecule has 6 heteroatoms. The summed E-state index contributed by atoms with van der Waals surface area (Å²) in [5.74, 6) is 0.337. The second-order valence-corrected chi connectivity index (χ2v) is 7.91. The second-order valence-electron chi connectivity index (χ2n) is 7.13. The van der Waals surface area contributed by atoms with E-state index in [1.165, 1.54) is 11.3 Å². The van der Waals surface area contributed by atoms with Crippen molar-refractivity contribution in [2.45, 2.75) is 39.2 Å². The van der Waals surface area contributed by atoms with Crippen LogP contribution in [0.2, 0.25) is 0 Å². The zero-order chi connectivity index (χ0) is 17.0. The summed E-state index contributed by atoms with van der Waals surface area (Å²) >= 11 is 1.52. The van der Waals surface area contributed by atoms with Crippen LogP contribution in [0.25, 0.3) is 0 Å². The first-order valence-electron chi connectivity index (χ1n) is 8.02. The molecule has 23 heavy (non-hydrogen) atoms. The lowest BCUT2D eigenvalue weighted by Gasteiger charge is -2.35. The molecule has 1 atom stereocenters. The van der Waals surface area contributed by atoms with Crippen LogP contribution in [0.4, 0.5) is 4.79 Å². The van der Waals surface area contributed by atoms with Gasteiger partial charge in [0.25, 0.3) is 5.91 Å². The van der Waals surface area contributed by atoms with Gasteiger partial charge >= 0.3 is 6.09 Å². The second kappa shape index (κ2) is 7.34. The average molecular weight is 338 g/mol. The van der Waals surface area contributed by atoms with Crippen molar-refractivity contribution in [3.8, 4) is 0 Å². The number of likely N-dealkylation sites (tertiary alicyclic amines) is 1. The molecule has 1 fully saturated rings. The van der Waals surface area contributed by atoms with Gasteiger partial charge in [0.2, 0.25) is 0 Å². The molecule has 0 saturated carbocycles. The molecule has 1 aromatic rings. The fraction of sp³-hybridized carbons (Fsp3) is 0.647. The van der Waals surface area contributed by atoms with E-state index in [-0.39, 0.29) is 12.0 Å². The molecule has 2 heterocycles.